The van der Waals surface area contributed by atoms with Crippen LogP contribution in [0.4, 0.5) is 0 Å². The molecule has 0 unspecified atom stereocenters. The van der Waals surface area contributed by atoms with Gasteiger partial charge in [-0.05, 0) is 42.2 Å². The van der Waals surface area contributed by atoms with Crippen LogP contribution in [0.5, 0.6) is 0 Å². The molecule has 35 heavy (non-hydrogen) atoms. The first-order valence-electron chi connectivity index (χ1n) is 11.8. The molecule has 196 valence electrons. The van der Waals surface area contributed by atoms with Gasteiger partial charge in [-0.25, -0.2) is 0 Å². The first-order valence-corrected chi connectivity index (χ1v) is 12.5. The van der Waals surface area contributed by atoms with E-state index in [0.29, 0.717) is 17.8 Å². The Labute approximate surface area is 211 Å². The van der Waals surface area contributed by atoms with Gasteiger partial charge in [-0.1, -0.05) is 64.1 Å². The third-order valence-electron chi connectivity index (χ3n) is 7.12. The van der Waals surface area contributed by atoms with Crippen LogP contribution < -0.4 is 0 Å². The molecule has 0 aromatic heterocycles. The average molecular weight is 511 g/mol. The molecule has 1 heterocycles. The SMILES string of the molecule is CC(=O)O[C@H]1[C@@H](C)[C@@H](CO)OC(=O)[C@H]1C.C[C@@H]1[C@H](C)[C@H](C)C(c2ccccc2)=CC[C@H]1O.O=S=O. The molecule has 3 rings (SSSR count). The molecule has 1 aliphatic heterocycles. The van der Waals surface area contributed by atoms with Crippen molar-refractivity contribution in [3.8, 4) is 0 Å². The van der Waals surface area contributed by atoms with E-state index in [9.17, 15) is 14.7 Å². The van der Waals surface area contributed by atoms with E-state index in [4.69, 9.17) is 23.0 Å². The summed E-state index contributed by atoms with van der Waals surface area (Å²) in [6.07, 6.45) is 1.71. The summed E-state index contributed by atoms with van der Waals surface area (Å²) in [6, 6.07) is 10.5. The lowest BCUT2D eigenvalue weighted by Crippen LogP contribution is -2.49. The van der Waals surface area contributed by atoms with Gasteiger partial charge < -0.3 is 19.7 Å². The number of esters is 2. The molecule has 0 radical (unpaired) electrons. The van der Waals surface area contributed by atoms with Gasteiger partial charge in [0.15, 0.2) is 0 Å². The highest BCUT2D eigenvalue weighted by molar-refractivity contribution is 7.51. The molecular formula is C26H38O8S. The Kier molecular flexibility index (Phi) is 13.1. The summed E-state index contributed by atoms with van der Waals surface area (Å²) in [5.74, 6) is -0.146. The minimum atomic E-state index is -0.750. The van der Waals surface area contributed by atoms with E-state index in [1.54, 1.807) is 13.8 Å². The molecule has 0 saturated carbocycles. The van der Waals surface area contributed by atoms with E-state index >= 15 is 0 Å². The zero-order valence-corrected chi connectivity index (χ0v) is 22.1. The fourth-order valence-electron chi connectivity index (χ4n) is 4.52. The summed E-state index contributed by atoms with van der Waals surface area (Å²) in [5, 5.41) is 19.1. The van der Waals surface area contributed by atoms with Gasteiger partial charge in [0.2, 0.25) is 0 Å². The van der Waals surface area contributed by atoms with Crippen LogP contribution in [0.15, 0.2) is 36.4 Å². The number of cyclic esters (lactones) is 1. The molecule has 8 nitrogen and oxygen atoms in total. The summed E-state index contributed by atoms with van der Waals surface area (Å²) < 4.78 is 26.6. The molecule has 2 N–H and O–H groups in total. The lowest BCUT2D eigenvalue weighted by molar-refractivity contribution is -0.189. The number of carbonyl (C=O) groups is 2. The number of aliphatic hydroxyl groups excluding tert-OH is 2. The van der Waals surface area contributed by atoms with Gasteiger partial charge >= 0.3 is 23.5 Å². The number of allylic oxidation sites excluding steroid dienone is 1. The second kappa shape index (κ2) is 14.9. The third kappa shape index (κ3) is 8.66. The van der Waals surface area contributed by atoms with Crippen LogP contribution in [-0.2, 0) is 30.6 Å². The quantitative estimate of drug-likeness (QED) is 0.594. The largest absolute Gasteiger partial charge is 0.461 e. The number of hydrogen-bond acceptors (Lipinski definition) is 8. The molecule has 1 fully saturated rings. The summed E-state index contributed by atoms with van der Waals surface area (Å²) in [5.41, 5.74) is 2.69. The van der Waals surface area contributed by atoms with Crippen molar-refractivity contribution >= 4 is 29.1 Å². The highest BCUT2D eigenvalue weighted by Crippen LogP contribution is 2.38. The number of rotatable bonds is 3. The minimum Gasteiger partial charge on any atom is -0.461 e. The molecule has 1 aliphatic carbocycles. The summed E-state index contributed by atoms with van der Waals surface area (Å²) in [4.78, 5) is 22.2. The maximum absolute atomic E-state index is 11.4. The fourth-order valence-corrected chi connectivity index (χ4v) is 4.52. The molecule has 1 saturated heterocycles. The van der Waals surface area contributed by atoms with Crippen LogP contribution in [0.25, 0.3) is 5.57 Å². The maximum atomic E-state index is 11.4. The van der Waals surface area contributed by atoms with Crippen LogP contribution in [0.2, 0.25) is 0 Å². The molecule has 1 aromatic rings. The first kappa shape index (κ1) is 30.7. The summed E-state index contributed by atoms with van der Waals surface area (Å²) in [6.45, 7) is 11.2. The Morgan fingerprint density at radius 2 is 1.60 bits per heavy atom. The first-order chi connectivity index (χ1) is 16.5. The van der Waals surface area contributed by atoms with E-state index in [2.05, 4.69) is 51.1 Å². The highest BCUT2D eigenvalue weighted by Gasteiger charge is 2.43. The van der Waals surface area contributed by atoms with Crippen LogP contribution >= 0.6 is 0 Å². The standard InChI is InChI=1S/C16H22O.C10H16O5.O2S/c1-11-12(2)15(9-10-16(17)13(11)3)14-7-5-4-6-8-14;1-5-8(4-11)15-10(13)6(2)9(5)14-7(3)12;1-3-2/h4-9,11-13,16-17H,10H2,1-3H3;5-6,8-9,11H,4H2,1-3H3;/t11-,12+,13-,16-;5-,6-,8+,9-;/m10./s1. The second-order valence-electron chi connectivity index (χ2n) is 9.28. The van der Waals surface area contributed by atoms with Gasteiger partial charge in [-0.2, -0.15) is 8.42 Å². The van der Waals surface area contributed by atoms with Crippen molar-refractivity contribution in [3.05, 3.63) is 42.0 Å². The molecular weight excluding hydrogens is 472 g/mol. The van der Waals surface area contributed by atoms with Gasteiger partial charge in [0, 0.05) is 12.8 Å². The van der Waals surface area contributed by atoms with Gasteiger partial charge in [0.1, 0.15) is 12.2 Å². The molecule has 0 amide bonds. The van der Waals surface area contributed by atoms with E-state index in [1.807, 2.05) is 6.07 Å². The molecule has 2 aliphatic rings. The molecule has 0 spiro atoms. The zero-order valence-electron chi connectivity index (χ0n) is 21.2. The van der Waals surface area contributed by atoms with Crippen LogP contribution in [0.3, 0.4) is 0 Å². The zero-order chi connectivity index (χ0) is 26.7. The molecule has 9 heteroatoms. The second-order valence-corrected chi connectivity index (χ2v) is 9.42. The monoisotopic (exact) mass is 510 g/mol. The predicted molar refractivity (Wildman–Crippen MR) is 132 cm³/mol. The van der Waals surface area contributed by atoms with Crippen LogP contribution in [0.1, 0.15) is 53.5 Å². The van der Waals surface area contributed by atoms with Crippen molar-refractivity contribution in [2.45, 2.75) is 66.3 Å². The average Bonchev–Trinajstić information content (AvgIpc) is 2.92. The number of ether oxygens (including phenoxy) is 2. The predicted octanol–water partition coefficient (Wildman–Crippen LogP) is 3.18. The Hall–Kier alpha value is -2.36. The van der Waals surface area contributed by atoms with Crippen molar-refractivity contribution in [1.82, 2.24) is 0 Å². The molecule has 1 aromatic carbocycles. The van der Waals surface area contributed by atoms with Crippen molar-refractivity contribution in [1.29, 1.82) is 0 Å². The van der Waals surface area contributed by atoms with Gasteiger partial charge in [0.25, 0.3) is 0 Å². The third-order valence-corrected chi connectivity index (χ3v) is 7.12. The number of carbonyl (C=O) groups excluding carboxylic acids is 2. The smallest absolute Gasteiger partial charge is 0.335 e. The fraction of sp³-hybridized carbons (Fsp3) is 0.615. The molecule has 8 atom stereocenters. The summed E-state index contributed by atoms with van der Waals surface area (Å²) in [7, 11) is 0. The van der Waals surface area contributed by atoms with Gasteiger partial charge in [0.05, 0.1) is 18.6 Å². The van der Waals surface area contributed by atoms with Crippen molar-refractivity contribution in [2.24, 2.45) is 29.6 Å². The Bertz CT molecular complexity index is 881. The van der Waals surface area contributed by atoms with Crippen molar-refractivity contribution in [3.63, 3.8) is 0 Å². The maximum Gasteiger partial charge on any atom is 0.335 e. The Morgan fingerprint density at radius 3 is 2.11 bits per heavy atom. The number of aliphatic hydroxyl groups is 2. The summed E-state index contributed by atoms with van der Waals surface area (Å²) >= 11 is -0.750. The number of benzene rings is 1. The van der Waals surface area contributed by atoms with Gasteiger partial charge in [-0.3, -0.25) is 9.59 Å². The highest BCUT2D eigenvalue weighted by atomic mass is 32.1. The molecule has 0 bridgehead atoms. The normalized spacial score (nSPS) is 32.2. The Morgan fingerprint density at radius 1 is 1.03 bits per heavy atom. The lowest BCUT2D eigenvalue weighted by atomic mass is 9.79. The lowest BCUT2D eigenvalue weighted by Gasteiger charge is -2.37. The van der Waals surface area contributed by atoms with E-state index in [1.165, 1.54) is 18.1 Å². The van der Waals surface area contributed by atoms with Crippen LogP contribution in [0, 0.1) is 29.6 Å². The van der Waals surface area contributed by atoms with Crippen molar-refractivity contribution < 1.29 is 37.7 Å². The topological polar surface area (TPSA) is 127 Å². The van der Waals surface area contributed by atoms with Crippen molar-refractivity contribution in [2.75, 3.05) is 6.61 Å². The Balaban J connectivity index is 0.000000317. The minimum absolute atomic E-state index is 0.188. The van der Waals surface area contributed by atoms with E-state index < -0.39 is 41.6 Å². The van der Waals surface area contributed by atoms with Gasteiger partial charge in [-0.15, -0.1) is 0 Å². The number of hydrogen-bond donors (Lipinski definition) is 2. The van der Waals surface area contributed by atoms with E-state index in [-0.39, 0.29) is 18.6 Å². The van der Waals surface area contributed by atoms with E-state index in [0.717, 1.165) is 6.42 Å². The van der Waals surface area contributed by atoms with Crippen LogP contribution in [-0.4, -0.2) is 55.5 Å².